The molecule has 0 saturated heterocycles. The van der Waals surface area contributed by atoms with Crippen molar-refractivity contribution >= 4 is 10.9 Å². The summed E-state index contributed by atoms with van der Waals surface area (Å²) in [6.07, 6.45) is 2.95. The highest BCUT2D eigenvalue weighted by atomic mass is 15.3. The average Bonchev–Trinajstić information content (AvgIpc) is 2.74. The van der Waals surface area contributed by atoms with Crippen LogP contribution in [0, 0.1) is 5.41 Å². The van der Waals surface area contributed by atoms with E-state index in [2.05, 4.69) is 56.9 Å². The summed E-state index contributed by atoms with van der Waals surface area (Å²) in [7, 11) is 2.00. The zero-order chi connectivity index (χ0) is 14.8. The molecule has 108 valence electrons. The number of benzene rings is 1. The molecule has 0 fully saturated rings. The molecule has 1 aromatic carbocycles. The van der Waals surface area contributed by atoms with E-state index in [0.717, 1.165) is 18.7 Å². The smallest absolute Gasteiger partial charge is 0.0712 e. The maximum Gasteiger partial charge on any atom is 0.0712 e. The Morgan fingerprint density at radius 2 is 2.10 bits per heavy atom. The molecule has 1 unspecified atom stereocenters. The number of fused-ring (bicyclic) bond motifs is 1. The second kappa shape index (κ2) is 5.80. The van der Waals surface area contributed by atoms with Gasteiger partial charge in [0.2, 0.25) is 0 Å². The van der Waals surface area contributed by atoms with Crippen molar-refractivity contribution in [2.45, 2.75) is 33.2 Å². The third-order valence-corrected chi connectivity index (χ3v) is 3.81. The van der Waals surface area contributed by atoms with E-state index in [1.165, 1.54) is 10.9 Å². The number of nitrogens with one attached hydrogen (secondary N) is 1. The predicted octanol–water partition coefficient (Wildman–Crippen LogP) is 3.31. The number of hydrogen-bond acceptors (Lipinski definition) is 2. The molecule has 1 atom stereocenters. The van der Waals surface area contributed by atoms with Crippen LogP contribution in [0.2, 0.25) is 0 Å². The molecule has 0 aliphatic heterocycles. The van der Waals surface area contributed by atoms with E-state index in [1.807, 2.05) is 17.8 Å². The van der Waals surface area contributed by atoms with Crippen LogP contribution in [0.3, 0.4) is 0 Å². The van der Waals surface area contributed by atoms with Crippen LogP contribution in [-0.4, -0.2) is 22.4 Å². The number of rotatable bonds is 6. The third-order valence-electron chi connectivity index (χ3n) is 3.81. The first-order chi connectivity index (χ1) is 9.45. The summed E-state index contributed by atoms with van der Waals surface area (Å²) in [5.74, 6) is 0. The van der Waals surface area contributed by atoms with Gasteiger partial charge in [0.15, 0.2) is 0 Å². The largest absolute Gasteiger partial charge is 0.314 e. The summed E-state index contributed by atoms with van der Waals surface area (Å²) in [5, 5.41) is 9.44. The molecule has 3 heteroatoms. The lowest BCUT2D eigenvalue weighted by molar-refractivity contribution is 0.370. The number of nitrogens with zero attached hydrogens (tertiary/aromatic N) is 2. The average molecular weight is 271 g/mol. The van der Waals surface area contributed by atoms with Gasteiger partial charge in [-0.1, -0.05) is 45.0 Å². The van der Waals surface area contributed by atoms with Gasteiger partial charge in [-0.3, -0.25) is 4.68 Å². The van der Waals surface area contributed by atoms with Gasteiger partial charge in [-0.2, -0.15) is 5.10 Å². The summed E-state index contributed by atoms with van der Waals surface area (Å²) in [6, 6.07) is 8.88. The van der Waals surface area contributed by atoms with E-state index in [0.29, 0.717) is 6.04 Å². The number of aromatic nitrogens is 2. The van der Waals surface area contributed by atoms with Crippen LogP contribution in [0.1, 0.15) is 26.5 Å². The molecule has 2 rings (SSSR count). The Hall–Kier alpha value is -1.61. The lowest BCUT2D eigenvalue weighted by atomic mass is 9.84. The lowest BCUT2D eigenvalue weighted by Crippen LogP contribution is -2.36. The number of para-hydroxylation sites is 1. The van der Waals surface area contributed by atoms with Gasteiger partial charge in [-0.05, 0) is 6.07 Å². The van der Waals surface area contributed by atoms with Crippen molar-refractivity contribution in [3.05, 3.63) is 42.6 Å². The van der Waals surface area contributed by atoms with Crippen molar-refractivity contribution in [2.24, 2.45) is 12.5 Å². The van der Waals surface area contributed by atoms with Crippen LogP contribution < -0.4 is 5.32 Å². The molecule has 1 aromatic heterocycles. The summed E-state index contributed by atoms with van der Waals surface area (Å²) in [4.78, 5) is 0. The molecule has 2 aromatic rings. The van der Waals surface area contributed by atoms with Crippen LogP contribution in [0.25, 0.3) is 10.9 Å². The third kappa shape index (κ3) is 3.10. The highest BCUT2D eigenvalue weighted by Crippen LogP contribution is 2.27. The van der Waals surface area contributed by atoms with Crippen LogP contribution >= 0.6 is 0 Å². The minimum atomic E-state index is 0.0153. The second-order valence-electron chi connectivity index (χ2n) is 6.16. The van der Waals surface area contributed by atoms with E-state index < -0.39 is 0 Å². The highest BCUT2D eigenvalue weighted by Gasteiger charge is 2.24. The molecule has 0 aliphatic rings. The SMILES string of the molecule is C=CC(C)(CNC(C)C)Cc1nn(C)c2ccccc12. The Balaban J connectivity index is 2.27. The Morgan fingerprint density at radius 1 is 1.40 bits per heavy atom. The van der Waals surface area contributed by atoms with E-state index in [-0.39, 0.29) is 5.41 Å². The minimum absolute atomic E-state index is 0.0153. The molecule has 0 amide bonds. The van der Waals surface area contributed by atoms with Gasteiger partial charge in [0, 0.05) is 36.9 Å². The molecule has 1 N–H and O–H groups in total. The van der Waals surface area contributed by atoms with Crippen LogP contribution in [0.4, 0.5) is 0 Å². The van der Waals surface area contributed by atoms with E-state index >= 15 is 0 Å². The van der Waals surface area contributed by atoms with Gasteiger partial charge < -0.3 is 5.32 Å². The molecule has 0 aliphatic carbocycles. The van der Waals surface area contributed by atoms with Crippen molar-refractivity contribution in [1.82, 2.24) is 15.1 Å². The van der Waals surface area contributed by atoms with Crippen molar-refractivity contribution in [1.29, 1.82) is 0 Å². The molecule has 20 heavy (non-hydrogen) atoms. The van der Waals surface area contributed by atoms with Crippen molar-refractivity contribution in [2.75, 3.05) is 6.54 Å². The van der Waals surface area contributed by atoms with Gasteiger partial charge in [-0.25, -0.2) is 0 Å². The fourth-order valence-corrected chi connectivity index (χ4v) is 2.45. The first-order valence-electron chi connectivity index (χ1n) is 7.23. The number of aryl methyl sites for hydroxylation is 1. The molecule has 0 radical (unpaired) electrons. The molecular formula is C17H25N3. The molecule has 3 nitrogen and oxygen atoms in total. The number of hydrogen-bond donors (Lipinski definition) is 1. The van der Waals surface area contributed by atoms with E-state index in [9.17, 15) is 0 Å². The maximum absolute atomic E-state index is 4.69. The normalized spacial score (nSPS) is 14.7. The van der Waals surface area contributed by atoms with E-state index in [1.54, 1.807) is 0 Å². The molecule has 0 bridgehead atoms. The van der Waals surface area contributed by atoms with Crippen molar-refractivity contribution < 1.29 is 0 Å². The Labute approximate surface area is 121 Å². The minimum Gasteiger partial charge on any atom is -0.314 e. The van der Waals surface area contributed by atoms with Gasteiger partial charge in [0.05, 0.1) is 11.2 Å². The van der Waals surface area contributed by atoms with Gasteiger partial charge >= 0.3 is 0 Å². The van der Waals surface area contributed by atoms with Gasteiger partial charge in [0.1, 0.15) is 0 Å². The molecular weight excluding hydrogens is 246 g/mol. The summed E-state index contributed by atoms with van der Waals surface area (Å²) in [6.45, 7) is 11.5. The topological polar surface area (TPSA) is 29.9 Å². The quantitative estimate of drug-likeness (QED) is 0.817. The Bertz CT molecular complexity index is 597. The summed E-state index contributed by atoms with van der Waals surface area (Å²) in [5.41, 5.74) is 2.35. The van der Waals surface area contributed by atoms with Crippen molar-refractivity contribution in [3.8, 4) is 0 Å². The molecule has 0 spiro atoms. The van der Waals surface area contributed by atoms with Crippen LogP contribution in [0.5, 0.6) is 0 Å². The monoisotopic (exact) mass is 271 g/mol. The van der Waals surface area contributed by atoms with Gasteiger partial charge in [-0.15, -0.1) is 6.58 Å². The highest BCUT2D eigenvalue weighted by molar-refractivity contribution is 5.81. The fourth-order valence-electron chi connectivity index (χ4n) is 2.45. The van der Waals surface area contributed by atoms with Crippen molar-refractivity contribution in [3.63, 3.8) is 0 Å². The zero-order valence-corrected chi connectivity index (χ0v) is 13.0. The van der Waals surface area contributed by atoms with Gasteiger partial charge in [0.25, 0.3) is 0 Å². The lowest BCUT2D eigenvalue weighted by Gasteiger charge is -2.26. The van der Waals surface area contributed by atoms with E-state index in [4.69, 9.17) is 5.10 Å². The summed E-state index contributed by atoms with van der Waals surface area (Å²) < 4.78 is 1.96. The predicted molar refractivity (Wildman–Crippen MR) is 85.9 cm³/mol. The second-order valence-corrected chi connectivity index (χ2v) is 6.16. The first-order valence-corrected chi connectivity index (χ1v) is 7.23. The fraction of sp³-hybridized carbons (Fsp3) is 0.471. The maximum atomic E-state index is 4.69. The van der Waals surface area contributed by atoms with Crippen LogP contribution in [-0.2, 0) is 13.5 Å². The Morgan fingerprint density at radius 3 is 2.75 bits per heavy atom. The van der Waals surface area contributed by atoms with Crippen LogP contribution in [0.15, 0.2) is 36.9 Å². The summed E-state index contributed by atoms with van der Waals surface area (Å²) >= 11 is 0. The molecule has 0 saturated carbocycles. The zero-order valence-electron chi connectivity index (χ0n) is 13.0. The standard InChI is InChI=1S/C17H25N3/c1-6-17(4,12-18-13(2)3)11-15-14-9-7-8-10-16(14)20(5)19-15/h6-10,13,18H,1,11-12H2,2-5H3. The molecule has 1 heterocycles. The first kappa shape index (κ1) is 14.8. The Kier molecular flexibility index (Phi) is 4.29.